The monoisotopic (exact) mass is 370 g/mol. The molecule has 3 N–H and O–H groups in total. The number of unbranched alkanes of at least 4 members (excludes halogenated alkanes) is 3. The molecule has 0 bridgehead atoms. The van der Waals surface area contributed by atoms with Gasteiger partial charge in [-0.2, -0.15) is 0 Å². The van der Waals surface area contributed by atoms with E-state index >= 15 is 0 Å². The Morgan fingerprint density at radius 2 is 1.85 bits per heavy atom. The fourth-order valence-electron chi connectivity index (χ4n) is 3.26. The van der Waals surface area contributed by atoms with Crippen molar-refractivity contribution in [2.45, 2.75) is 51.9 Å². The molecule has 144 valence electrons. The Balaban J connectivity index is 2.35. The first-order valence-corrected chi connectivity index (χ1v) is 9.26. The summed E-state index contributed by atoms with van der Waals surface area (Å²) in [5, 5.41) is 20.6. The van der Waals surface area contributed by atoms with Crippen LogP contribution in [0.25, 0.3) is 11.1 Å². The predicted molar refractivity (Wildman–Crippen MR) is 107 cm³/mol. The second-order valence-electron chi connectivity index (χ2n) is 6.89. The third kappa shape index (κ3) is 5.06. The number of benzene rings is 2. The van der Waals surface area contributed by atoms with Gasteiger partial charge in [0.1, 0.15) is 0 Å². The summed E-state index contributed by atoms with van der Waals surface area (Å²) >= 11 is 0. The number of hydrogen-bond acceptors (Lipinski definition) is 4. The number of nitro benzene ring substituents is 1. The Bertz CT molecular complexity index is 816. The molecule has 0 aliphatic rings. The molecule has 0 radical (unpaired) electrons. The van der Waals surface area contributed by atoms with Crippen molar-refractivity contribution in [3.05, 3.63) is 57.6 Å². The van der Waals surface area contributed by atoms with E-state index in [1.54, 1.807) is 24.3 Å². The highest BCUT2D eigenvalue weighted by Gasteiger charge is 2.21. The number of aromatic carboxylic acids is 1. The first-order valence-electron chi connectivity index (χ1n) is 9.26. The van der Waals surface area contributed by atoms with Crippen molar-refractivity contribution in [1.29, 1.82) is 0 Å². The number of nitrogens with two attached hydrogens (primary N) is 1. The van der Waals surface area contributed by atoms with Gasteiger partial charge in [0.25, 0.3) is 5.69 Å². The summed E-state index contributed by atoms with van der Waals surface area (Å²) in [4.78, 5) is 22.2. The summed E-state index contributed by atoms with van der Waals surface area (Å²) < 4.78 is 0. The molecule has 0 saturated carbocycles. The van der Waals surface area contributed by atoms with Crippen molar-refractivity contribution >= 4 is 17.3 Å². The van der Waals surface area contributed by atoms with Crippen molar-refractivity contribution in [1.82, 2.24) is 0 Å². The van der Waals surface area contributed by atoms with Crippen molar-refractivity contribution in [2.24, 2.45) is 0 Å². The molecule has 0 saturated heterocycles. The summed E-state index contributed by atoms with van der Waals surface area (Å²) in [7, 11) is 0. The Kier molecular flexibility index (Phi) is 6.93. The normalized spacial score (nSPS) is 11.9. The molecule has 0 spiro atoms. The quantitative estimate of drug-likeness (QED) is 0.258. The molecule has 0 heterocycles. The highest BCUT2D eigenvalue weighted by molar-refractivity contribution is 5.89. The molecule has 0 aliphatic heterocycles. The van der Waals surface area contributed by atoms with E-state index in [0.29, 0.717) is 16.8 Å². The smallest absolute Gasteiger partial charge is 0.335 e. The zero-order valence-electron chi connectivity index (χ0n) is 15.8. The number of carbonyl (C=O) groups is 1. The van der Waals surface area contributed by atoms with Crippen molar-refractivity contribution in [3.63, 3.8) is 0 Å². The van der Waals surface area contributed by atoms with Crippen LogP contribution in [0, 0.1) is 10.1 Å². The average Bonchev–Trinajstić information content (AvgIpc) is 2.64. The van der Waals surface area contributed by atoms with Gasteiger partial charge in [0.15, 0.2) is 0 Å². The second-order valence-corrected chi connectivity index (χ2v) is 6.89. The lowest BCUT2D eigenvalue weighted by Crippen LogP contribution is -2.03. The maximum atomic E-state index is 11.6. The van der Waals surface area contributed by atoms with E-state index in [1.807, 2.05) is 6.92 Å². The number of rotatable bonds is 9. The highest BCUT2D eigenvalue weighted by Crippen LogP contribution is 2.38. The first-order chi connectivity index (χ1) is 12.8. The molecule has 2 rings (SSSR count). The maximum Gasteiger partial charge on any atom is 0.335 e. The van der Waals surface area contributed by atoms with Crippen LogP contribution in [-0.4, -0.2) is 16.0 Å². The summed E-state index contributed by atoms with van der Waals surface area (Å²) in [6.45, 7) is 4.20. The number of nitrogens with zero attached hydrogens (tertiary/aromatic N) is 1. The molecule has 0 fully saturated rings. The molecule has 0 aromatic heterocycles. The topological polar surface area (TPSA) is 106 Å². The molecule has 1 atom stereocenters. The summed E-state index contributed by atoms with van der Waals surface area (Å²) in [5.74, 6) is -0.896. The van der Waals surface area contributed by atoms with E-state index in [-0.39, 0.29) is 17.2 Å². The van der Waals surface area contributed by atoms with Crippen molar-refractivity contribution < 1.29 is 14.8 Å². The fraction of sp³-hybridized carbons (Fsp3) is 0.381. The number of nitro groups is 1. The lowest BCUT2D eigenvalue weighted by molar-refractivity contribution is -0.384. The van der Waals surface area contributed by atoms with Gasteiger partial charge in [-0.05, 0) is 41.7 Å². The number of hydrogen-bond donors (Lipinski definition) is 2. The highest BCUT2D eigenvalue weighted by atomic mass is 16.6. The van der Waals surface area contributed by atoms with Gasteiger partial charge >= 0.3 is 5.97 Å². The standard InChI is InChI=1S/C21H26N2O4/c1-3-4-5-6-7-14(2)17-13-20(23(26)27)18(12-19(17)22)15-8-10-16(11-9-15)21(24)25/h8-14H,3-7,22H2,1-2H3,(H,24,25)/t14-/m1/s1. The number of carboxylic acid groups (broad SMARTS) is 1. The average molecular weight is 370 g/mol. The minimum atomic E-state index is -1.04. The summed E-state index contributed by atoms with van der Waals surface area (Å²) in [5.41, 5.74) is 8.63. The largest absolute Gasteiger partial charge is 0.478 e. The molecule has 2 aromatic carbocycles. The molecule has 6 nitrogen and oxygen atoms in total. The van der Waals surface area contributed by atoms with Gasteiger partial charge in [-0.1, -0.05) is 51.7 Å². The third-order valence-corrected chi connectivity index (χ3v) is 4.86. The van der Waals surface area contributed by atoms with E-state index in [9.17, 15) is 14.9 Å². The van der Waals surface area contributed by atoms with Crippen LogP contribution in [0.2, 0.25) is 0 Å². The Morgan fingerprint density at radius 3 is 2.41 bits per heavy atom. The Labute approximate surface area is 159 Å². The fourth-order valence-corrected chi connectivity index (χ4v) is 3.26. The van der Waals surface area contributed by atoms with Gasteiger partial charge < -0.3 is 10.8 Å². The maximum absolute atomic E-state index is 11.6. The minimum Gasteiger partial charge on any atom is -0.478 e. The van der Waals surface area contributed by atoms with Crippen LogP contribution in [0.5, 0.6) is 0 Å². The minimum absolute atomic E-state index is 0.0114. The Hall–Kier alpha value is -2.89. The van der Waals surface area contributed by atoms with E-state index in [4.69, 9.17) is 10.8 Å². The van der Waals surface area contributed by atoms with Crippen LogP contribution >= 0.6 is 0 Å². The predicted octanol–water partition coefficient (Wildman–Crippen LogP) is 5.62. The molecule has 0 aliphatic carbocycles. The number of nitrogen functional groups attached to an aromatic ring is 1. The van der Waals surface area contributed by atoms with Gasteiger partial charge in [0, 0.05) is 11.8 Å². The Morgan fingerprint density at radius 1 is 1.19 bits per heavy atom. The SMILES string of the molecule is CCCCCC[C@@H](C)c1cc([N+](=O)[O-])c(-c2ccc(C(=O)O)cc2)cc1N. The lowest BCUT2D eigenvalue weighted by atomic mass is 9.90. The zero-order valence-corrected chi connectivity index (χ0v) is 15.8. The molecule has 2 aromatic rings. The van der Waals surface area contributed by atoms with Gasteiger partial charge in [0.05, 0.1) is 16.1 Å². The van der Waals surface area contributed by atoms with Crippen molar-refractivity contribution in [3.8, 4) is 11.1 Å². The molecule has 0 unspecified atom stereocenters. The second kappa shape index (κ2) is 9.16. The van der Waals surface area contributed by atoms with Crippen LogP contribution in [0.3, 0.4) is 0 Å². The van der Waals surface area contributed by atoms with Crippen LogP contribution in [0.1, 0.15) is 67.8 Å². The number of anilines is 1. The summed E-state index contributed by atoms with van der Waals surface area (Å²) in [6, 6.07) is 9.20. The van der Waals surface area contributed by atoms with E-state index in [2.05, 4.69) is 6.92 Å². The zero-order chi connectivity index (χ0) is 20.0. The van der Waals surface area contributed by atoms with E-state index in [0.717, 1.165) is 31.2 Å². The van der Waals surface area contributed by atoms with Crippen LogP contribution in [0.4, 0.5) is 11.4 Å². The molecular formula is C21H26N2O4. The van der Waals surface area contributed by atoms with E-state index < -0.39 is 10.9 Å². The van der Waals surface area contributed by atoms with Crippen LogP contribution in [0.15, 0.2) is 36.4 Å². The number of carboxylic acids is 1. The lowest BCUT2D eigenvalue weighted by Gasteiger charge is -2.16. The van der Waals surface area contributed by atoms with Crippen molar-refractivity contribution in [2.75, 3.05) is 5.73 Å². The van der Waals surface area contributed by atoms with Gasteiger partial charge in [-0.15, -0.1) is 0 Å². The summed E-state index contributed by atoms with van der Waals surface area (Å²) in [6.07, 6.45) is 5.51. The van der Waals surface area contributed by atoms with E-state index in [1.165, 1.54) is 18.6 Å². The molecule has 6 heteroatoms. The molecule has 27 heavy (non-hydrogen) atoms. The van der Waals surface area contributed by atoms with Crippen LogP contribution in [-0.2, 0) is 0 Å². The third-order valence-electron chi connectivity index (χ3n) is 4.86. The first kappa shape index (κ1) is 20.4. The molecule has 0 amide bonds. The van der Waals surface area contributed by atoms with Gasteiger partial charge in [-0.25, -0.2) is 4.79 Å². The van der Waals surface area contributed by atoms with Crippen LogP contribution < -0.4 is 5.73 Å². The van der Waals surface area contributed by atoms with Gasteiger partial charge in [-0.3, -0.25) is 10.1 Å². The van der Waals surface area contributed by atoms with Gasteiger partial charge in [0.2, 0.25) is 0 Å². The molecular weight excluding hydrogens is 344 g/mol.